The van der Waals surface area contributed by atoms with Crippen molar-refractivity contribution in [2.24, 2.45) is 0 Å². The topological polar surface area (TPSA) is 29.1 Å². The molecular formula is C20H23NO. The minimum Gasteiger partial charge on any atom is -0.352 e. The zero-order valence-corrected chi connectivity index (χ0v) is 13.4. The Labute approximate surface area is 132 Å². The zero-order chi connectivity index (χ0) is 15.6. The molecule has 1 N–H and O–H groups in total. The van der Waals surface area contributed by atoms with Gasteiger partial charge >= 0.3 is 0 Å². The van der Waals surface area contributed by atoms with Gasteiger partial charge < -0.3 is 5.32 Å². The van der Waals surface area contributed by atoms with Gasteiger partial charge in [-0.25, -0.2) is 0 Å². The first-order chi connectivity index (χ1) is 10.5. The normalized spacial score (nSPS) is 15.4. The van der Waals surface area contributed by atoms with Gasteiger partial charge in [-0.15, -0.1) is 0 Å². The molecule has 1 aliphatic carbocycles. The molecule has 1 amide bonds. The van der Waals surface area contributed by atoms with Crippen LogP contribution in [0.25, 0.3) is 0 Å². The van der Waals surface area contributed by atoms with E-state index in [1.165, 1.54) is 23.1 Å². The summed E-state index contributed by atoms with van der Waals surface area (Å²) in [6, 6.07) is 16.5. The SMILES string of the molecule is CC1(C)CCc2cc(CNC(=O)Cc3ccccc3)ccc21. The summed E-state index contributed by atoms with van der Waals surface area (Å²) < 4.78 is 0. The van der Waals surface area contributed by atoms with Crippen molar-refractivity contribution in [2.75, 3.05) is 0 Å². The summed E-state index contributed by atoms with van der Waals surface area (Å²) in [5.74, 6) is 0.0760. The number of carbonyl (C=O) groups excluding carboxylic acids is 1. The lowest BCUT2D eigenvalue weighted by atomic mass is 9.86. The molecule has 22 heavy (non-hydrogen) atoms. The number of nitrogens with one attached hydrogen (secondary N) is 1. The average Bonchev–Trinajstić information content (AvgIpc) is 2.81. The van der Waals surface area contributed by atoms with Crippen molar-refractivity contribution in [3.8, 4) is 0 Å². The van der Waals surface area contributed by atoms with Crippen molar-refractivity contribution < 1.29 is 4.79 Å². The minimum absolute atomic E-state index is 0.0760. The molecule has 0 aromatic heterocycles. The van der Waals surface area contributed by atoms with Gasteiger partial charge in [0.05, 0.1) is 6.42 Å². The van der Waals surface area contributed by atoms with E-state index in [1.54, 1.807) is 0 Å². The first-order valence-electron chi connectivity index (χ1n) is 7.97. The fourth-order valence-electron chi connectivity index (χ4n) is 3.25. The molecule has 0 spiro atoms. The third-order valence-electron chi connectivity index (χ3n) is 4.62. The molecule has 0 saturated heterocycles. The van der Waals surface area contributed by atoms with Gasteiger partial charge in [-0.2, -0.15) is 0 Å². The highest BCUT2D eigenvalue weighted by atomic mass is 16.1. The van der Waals surface area contributed by atoms with Gasteiger partial charge in [-0.05, 0) is 40.5 Å². The van der Waals surface area contributed by atoms with Crippen LogP contribution in [0.4, 0.5) is 0 Å². The fourth-order valence-corrected chi connectivity index (χ4v) is 3.25. The number of fused-ring (bicyclic) bond motifs is 1. The molecule has 0 fully saturated rings. The van der Waals surface area contributed by atoms with Crippen molar-refractivity contribution in [3.63, 3.8) is 0 Å². The van der Waals surface area contributed by atoms with Crippen LogP contribution < -0.4 is 5.32 Å². The molecule has 114 valence electrons. The zero-order valence-electron chi connectivity index (χ0n) is 13.4. The monoisotopic (exact) mass is 293 g/mol. The first kappa shape index (κ1) is 14.8. The smallest absolute Gasteiger partial charge is 0.224 e. The molecule has 0 atom stereocenters. The molecule has 1 aliphatic rings. The summed E-state index contributed by atoms with van der Waals surface area (Å²) in [6.45, 7) is 5.22. The van der Waals surface area contributed by atoms with Gasteiger partial charge in [0.1, 0.15) is 0 Å². The van der Waals surface area contributed by atoms with E-state index >= 15 is 0 Å². The van der Waals surface area contributed by atoms with E-state index in [2.05, 4.69) is 37.4 Å². The summed E-state index contributed by atoms with van der Waals surface area (Å²) in [5, 5.41) is 3.02. The molecule has 0 bridgehead atoms. The number of hydrogen-bond donors (Lipinski definition) is 1. The summed E-state index contributed by atoms with van der Waals surface area (Å²) in [5.41, 5.74) is 5.45. The summed E-state index contributed by atoms with van der Waals surface area (Å²) in [7, 11) is 0. The van der Waals surface area contributed by atoms with E-state index in [-0.39, 0.29) is 5.91 Å². The number of aryl methyl sites for hydroxylation is 1. The van der Waals surface area contributed by atoms with E-state index in [1.807, 2.05) is 30.3 Å². The van der Waals surface area contributed by atoms with Gasteiger partial charge in [-0.3, -0.25) is 4.79 Å². The maximum Gasteiger partial charge on any atom is 0.224 e. The second-order valence-electron chi connectivity index (χ2n) is 6.81. The lowest BCUT2D eigenvalue weighted by Crippen LogP contribution is -2.24. The van der Waals surface area contributed by atoms with E-state index < -0.39 is 0 Å². The maximum atomic E-state index is 12.0. The Hall–Kier alpha value is -2.09. The average molecular weight is 293 g/mol. The Morgan fingerprint density at radius 3 is 2.64 bits per heavy atom. The summed E-state index contributed by atoms with van der Waals surface area (Å²) in [4.78, 5) is 12.0. The van der Waals surface area contributed by atoms with Gasteiger partial charge in [-0.1, -0.05) is 62.4 Å². The molecule has 3 rings (SSSR count). The largest absolute Gasteiger partial charge is 0.352 e. The second kappa shape index (κ2) is 5.96. The number of amides is 1. The standard InChI is InChI=1S/C20H23NO/c1-20(2)11-10-17-12-16(8-9-18(17)20)14-21-19(22)13-15-6-4-3-5-7-15/h3-9,12H,10-11,13-14H2,1-2H3,(H,21,22). The van der Waals surface area contributed by atoms with Gasteiger partial charge in [0.2, 0.25) is 5.91 Å². The van der Waals surface area contributed by atoms with Crippen molar-refractivity contribution in [1.82, 2.24) is 5.32 Å². The molecule has 2 aromatic carbocycles. The molecule has 0 heterocycles. The molecule has 0 unspecified atom stereocenters. The van der Waals surface area contributed by atoms with E-state index in [0.29, 0.717) is 18.4 Å². The number of benzene rings is 2. The lowest BCUT2D eigenvalue weighted by molar-refractivity contribution is -0.120. The quantitative estimate of drug-likeness (QED) is 0.913. The second-order valence-corrected chi connectivity index (χ2v) is 6.81. The highest BCUT2D eigenvalue weighted by Gasteiger charge is 2.29. The van der Waals surface area contributed by atoms with Crippen LogP contribution in [0.15, 0.2) is 48.5 Å². The minimum atomic E-state index is 0.0760. The van der Waals surface area contributed by atoms with Crippen LogP contribution in [0, 0.1) is 0 Å². The van der Waals surface area contributed by atoms with Crippen LogP contribution in [0.5, 0.6) is 0 Å². The van der Waals surface area contributed by atoms with Crippen molar-refractivity contribution in [2.45, 2.75) is 45.1 Å². The maximum absolute atomic E-state index is 12.0. The van der Waals surface area contributed by atoms with Crippen LogP contribution in [0.2, 0.25) is 0 Å². The van der Waals surface area contributed by atoms with E-state index in [4.69, 9.17) is 0 Å². The Morgan fingerprint density at radius 1 is 1.09 bits per heavy atom. The van der Waals surface area contributed by atoms with Crippen molar-refractivity contribution in [1.29, 1.82) is 0 Å². The molecule has 2 aromatic rings. The Balaban J connectivity index is 1.59. The lowest BCUT2D eigenvalue weighted by Gasteiger charge is -2.19. The molecule has 0 saturated carbocycles. The molecule has 0 aliphatic heterocycles. The summed E-state index contributed by atoms with van der Waals surface area (Å²) in [6.07, 6.45) is 2.80. The number of hydrogen-bond acceptors (Lipinski definition) is 1. The van der Waals surface area contributed by atoms with E-state index in [9.17, 15) is 4.79 Å². The van der Waals surface area contributed by atoms with Crippen molar-refractivity contribution in [3.05, 3.63) is 70.8 Å². The highest BCUT2D eigenvalue weighted by Crippen LogP contribution is 2.38. The molecule has 0 radical (unpaired) electrons. The number of rotatable bonds is 4. The van der Waals surface area contributed by atoms with Crippen molar-refractivity contribution >= 4 is 5.91 Å². The highest BCUT2D eigenvalue weighted by molar-refractivity contribution is 5.78. The third-order valence-corrected chi connectivity index (χ3v) is 4.62. The van der Waals surface area contributed by atoms with Gasteiger partial charge in [0.15, 0.2) is 0 Å². The van der Waals surface area contributed by atoms with Crippen LogP contribution in [0.1, 0.15) is 42.5 Å². The predicted molar refractivity (Wildman–Crippen MR) is 89.8 cm³/mol. The predicted octanol–water partition coefficient (Wildman–Crippen LogP) is 3.77. The molecule has 2 nitrogen and oxygen atoms in total. The van der Waals surface area contributed by atoms with E-state index in [0.717, 1.165) is 12.0 Å². The van der Waals surface area contributed by atoms with Crippen LogP contribution in [-0.4, -0.2) is 5.91 Å². The molecular weight excluding hydrogens is 270 g/mol. The summed E-state index contributed by atoms with van der Waals surface area (Å²) >= 11 is 0. The molecule has 2 heteroatoms. The van der Waals surface area contributed by atoms with Crippen LogP contribution in [0.3, 0.4) is 0 Å². The van der Waals surface area contributed by atoms with Crippen LogP contribution >= 0.6 is 0 Å². The Bertz CT molecular complexity index is 673. The Morgan fingerprint density at radius 2 is 1.86 bits per heavy atom. The van der Waals surface area contributed by atoms with Gasteiger partial charge in [0, 0.05) is 6.54 Å². The van der Waals surface area contributed by atoms with Gasteiger partial charge in [0.25, 0.3) is 0 Å². The Kier molecular flexibility index (Phi) is 4.02. The fraction of sp³-hybridized carbons (Fsp3) is 0.350. The van der Waals surface area contributed by atoms with Crippen LogP contribution in [-0.2, 0) is 29.6 Å². The first-order valence-corrected chi connectivity index (χ1v) is 7.97. The number of carbonyl (C=O) groups is 1. The third kappa shape index (κ3) is 3.22.